The fraction of sp³-hybridized carbons (Fsp3) is 0.545. The summed E-state index contributed by atoms with van der Waals surface area (Å²) in [6.45, 7) is 20.5. The molecule has 0 aromatic rings. The molecule has 8 heteroatoms. The Bertz CT molecular complexity index is 1020. The van der Waals surface area contributed by atoms with Crippen molar-refractivity contribution < 1.29 is 4.79 Å². The molecule has 4 atom stereocenters. The number of carbonyl (C=O) groups excluding carboxylic acids is 1. The summed E-state index contributed by atoms with van der Waals surface area (Å²) in [5.74, 6) is 2.98. The molecule has 0 bridgehead atoms. The van der Waals surface area contributed by atoms with Crippen molar-refractivity contribution in [2.45, 2.75) is 58.7 Å². The summed E-state index contributed by atoms with van der Waals surface area (Å²) in [7, 11) is 3.81. The van der Waals surface area contributed by atoms with E-state index in [0.717, 1.165) is 51.1 Å². The molecule has 8 nitrogen and oxygen atoms in total. The van der Waals surface area contributed by atoms with E-state index in [2.05, 4.69) is 64.7 Å². The molecular formula is C33H53N7O. The molecule has 3 rings (SSSR count). The maximum Gasteiger partial charge on any atom is 0.253 e. The van der Waals surface area contributed by atoms with E-state index < -0.39 is 0 Å². The number of likely N-dealkylation sites (tertiary alicyclic amines) is 1. The van der Waals surface area contributed by atoms with Gasteiger partial charge >= 0.3 is 0 Å². The van der Waals surface area contributed by atoms with Gasteiger partial charge < -0.3 is 20.9 Å². The van der Waals surface area contributed by atoms with Gasteiger partial charge in [0, 0.05) is 64.0 Å². The lowest BCUT2D eigenvalue weighted by atomic mass is 10.00. The molecule has 0 spiro atoms. The Hall–Kier alpha value is -3.25. The second-order valence-electron chi connectivity index (χ2n) is 9.82. The van der Waals surface area contributed by atoms with E-state index in [1.165, 1.54) is 11.8 Å². The number of hydrogen-bond donors (Lipinski definition) is 3. The van der Waals surface area contributed by atoms with Crippen LogP contribution in [0.3, 0.4) is 0 Å². The molecule has 41 heavy (non-hydrogen) atoms. The van der Waals surface area contributed by atoms with Gasteiger partial charge in [0.05, 0.1) is 12.5 Å². The van der Waals surface area contributed by atoms with Gasteiger partial charge in [0.25, 0.3) is 5.91 Å². The van der Waals surface area contributed by atoms with Crippen LogP contribution in [0, 0.1) is 23.7 Å². The van der Waals surface area contributed by atoms with E-state index >= 15 is 0 Å². The van der Waals surface area contributed by atoms with E-state index in [4.69, 9.17) is 16.8 Å². The minimum atomic E-state index is -0.290. The van der Waals surface area contributed by atoms with Crippen LogP contribution in [0.2, 0.25) is 0 Å². The van der Waals surface area contributed by atoms with Crippen molar-refractivity contribution >= 4 is 18.1 Å². The third-order valence-electron chi connectivity index (χ3n) is 7.23. The van der Waals surface area contributed by atoms with Gasteiger partial charge in [-0.25, -0.2) is 4.99 Å². The van der Waals surface area contributed by atoms with Gasteiger partial charge in [-0.1, -0.05) is 57.1 Å². The number of amides is 1. The fourth-order valence-electron chi connectivity index (χ4n) is 5.06. The molecule has 2 saturated heterocycles. The summed E-state index contributed by atoms with van der Waals surface area (Å²) >= 11 is 0. The number of carbonyl (C=O) groups is 1. The van der Waals surface area contributed by atoms with Gasteiger partial charge in [0.1, 0.15) is 0 Å². The molecular weight excluding hydrogens is 510 g/mol. The summed E-state index contributed by atoms with van der Waals surface area (Å²) in [4.78, 5) is 24.0. The second kappa shape index (κ2) is 19.8. The molecule has 3 heterocycles. The zero-order chi connectivity index (χ0) is 30.8. The van der Waals surface area contributed by atoms with Gasteiger partial charge in [-0.2, -0.15) is 0 Å². The van der Waals surface area contributed by atoms with Crippen LogP contribution in [0.4, 0.5) is 0 Å². The molecule has 2 fully saturated rings. The van der Waals surface area contributed by atoms with E-state index in [1.54, 1.807) is 31.0 Å². The Kier molecular flexibility index (Phi) is 17.2. The predicted molar refractivity (Wildman–Crippen MR) is 175 cm³/mol. The third kappa shape index (κ3) is 10.6. The molecule has 0 radical (unpaired) electrons. The van der Waals surface area contributed by atoms with Crippen LogP contribution in [0.5, 0.6) is 0 Å². The Morgan fingerprint density at radius 2 is 2.02 bits per heavy atom. The number of likely N-dealkylation sites (N-methyl/N-ethyl adjacent to an activating group) is 2. The van der Waals surface area contributed by atoms with Gasteiger partial charge in [-0.05, 0) is 44.2 Å². The first-order valence-electron chi connectivity index (χ1n) is 14.8. The van der Waals surface area contributed by atoms with E-state index in [1.807, 2.05) is 27.0 Å². The van der Waals surface area contributed by atoms with Crippen molar-refractivity contribution in [3.63, 3.8) is 0 Å². The highest BCUT2D eigenvalue weighted by Gasteiger charge is 2.30. The predicted octanol–water partition coefficient (Wildman–Crippen LogP) is 3.87. The van der Waals surface area contributed by atoms with Crippen LogP contribution in [0.15, 0.2) is 65.8 Å². The van der Waals surface area contributed by atoms with Crippen molar-refractivity contribution in [2.75, 3.05) is 53.4 Å². The Morgan fingerprint density at radius 3 is 2.59 bits per heavy atom. The first kappa shape index (κ1) is 35.8. The number of piperazine rings is 1. The monoisotopic (exact) mass is 563 g/mol. The highest BCUT2D eigenvalue weighted by Crippen LogP contribution is 2.20. The van der Waals surface area contributed by atoms with E-state index in [9.17, 15) is 4.79 Å². The van der Waals surface area contributed by atoms with Crippen LogP contribution in [0.25, 0.3) is 0 Å². The van der Waals surface area contributed by atoms with E-state index in [-0.39, 0.29) is 23.9 Å². The molecule has 3 N–H and O–H groups in total. The Morgan fingerprint density at radius 1 is 1.32 bits per heavy atom. The number of guanidine groups is 1. The average molecular weight is 564 g/mol. The number of terminal acetylenes is 1. The van der Waals surface area contributed by atoms with Crippen molar-refractivity contribution in [2.24, 2.45) is 10.9 Å². The number of hydrogen-bond acceptors (Lipinski definition) is 7. The molecule has 1 amide bonds. The van der Waals surface area contributed by atoms with Crippen molar-refractivity contribution in [3.05, 3.63) is 60.8 Å². The van der Waals surface area contributed by atoms with Crippen molar-refractivity contribution in [1.29, 1.82) is 5.41 Å². The normalized spacial score (nSPS) is 23.0. The highest BCUT2D eigenvalue weighted by atomic mass is 16.2. The molecule has 3 aliphatic heterocycles. The largest absolute Gasteiger partial charge is 0.339 e. The van der Waals surface area contributed by atoms with Gasteiger partial charge in [-0.15, -0.1) is 19.6 Å². The lowest BCUT2D eigenvalue weighted by Gasteiger charge is -2.38. The molecule has 3 aliphatic rings. The average Bonchev–Trinajstić information content (AvgIpc) is 3.42. The minimum absolute atomic E-state index is 0.109. The molecule has 0 aromatic heterocycles. The Balaban J connectivity index is 0.00000157. The van der Waals surface area contributed by atoms with Crippen molar-refractivity contribution in [1.82, 2.24) is 25.3 Å². The molecule has 3 unspecified atom stereocenters. The van der Waals surface area contributed by atoms with Gasteiger partial charge in [0.15, 0.2) is 0 Å². The molecule has 0 aromatic carbocycles. The summed E-state index contributed by atoms with van der Waals surface area (Å²) in [5, 5.41) is 13.1. The summed E-state index contributed by atoms with van der Waals surface area (Å²) in [6, 6.07) is 0.881. The standard InChI is InChI=1S/C29H42N6O.C2H5N.C2H6/c1-7-11-23(12-13-26(10-4)34-16-14-25(20-34)30-5)27-21-35(17-15-31-27)29-32-19-24(22(8-2)9-3)18-28(36)33(29)6;1-2-3;1-2/h2,9-13,18,22,25-27,30-31H,3-4,7,14-17,19-21H2,1,5-6H3;2-3H,1H3;1-2H3/b13-12-,23-11+;;/t22?,25-,26?,27?;;/m1../s1. The maximum atomic E-state index is 12.9. The Labute approximate surface area is 249 Å². The number of allylic oxidation sites excluding steroid dienone is 2. The first-order valence-corrected chi connectivity index (χ1v) is 14.8. The van der Waals surface area contributed by atoms with Crippen LogP contribution in [0.1, 0.15) is 40.5 Å². The zero-order valence-electron chi connectivity index (χ0n) is 26.2. The number of nitrogens with zero attached hydrogens (tertiary/aromatic N) is 4. The smallest absolute Gasteiger partial charge is 0.253 e. The van der Waals surface area contributed by atoms with Crippen LogP contribution in [-0.2, 0) is 4.79 Å². The maximum absolute atomic E-state index is 12.9. The highest BCUT2D eigenvalue weighted by molar-refractivity contribution is 6.03. The van der Waals surface area contributed by atoms with Crippen LogP contribution >= 0.6 is 0 Å². The van der Waals surface area contributed by atoms with Crippen molar-refractivity contribution in [3.8, 4) is 12.3 Å². The minimum Gasteiger partial charge on any atom is -0.339 e. The first-order chi connectivity index (χ1) is 19.9. The zero-order valence-corrected chi connectivity index (χ0v) is 26.2. The summed E-state index contributed by atoms with van der Waals surface area (Å²) < 4.78 is 0. The molecule has 0 aliphatic carbocycles. The quantitative estimate of drug-likeness (QED) is 0.172. The molecule has 0 saturated carbocycles. The van der Waals surface area contributed by atoms with Gasteiger partial charge in [0.2, 0.25) is 5.96 Å². The third-order valence-corrected chi connectivity index (χ3v) is 7.23. The second-order valence-corrected chi connectivity index (χ2v) is 9.82. The summed E-state index contributed by atoms with van der Waals surface area (Å²) in [6.07, 6.45) is 21.1. The number of rotatable bonds is 9. The van der Waals surface area contributed by atoms with E-state index in [0.29, 0.717) is 18.5 Å². The van der Waals surface area contributed by atoms with Crippen LogP contribution in [-0.4, -0.2) is 104 Å². The van der Waals surface area contributed by atoms with Crippen LogP contribution < -0.4 is 10.6 Å². The fourth-order valence-corrected chi connectivity index (χ4v) is 5.06. The number of aliphatic imine (C=N–C) groups is 1. The lowest BCUT2D eigenvalue weighted by Crippen LogP contribution is -2.56. The van der Waals surface area contributed by atoms with Gasteiger partial charge in [-0.3, -0.25) is 14.6 Å². The SMILES string of the molecule is C#CC(C=C)C1=CC(=O)N(C)C(N2CCNC(C(/C=C\C(C=C)N3CC[C@@H](NC)C3)=C/CC)C2)=NC1.CC.CC=N. The lowest BCUT2D eigenvalue weighted by molar-refractivity contribution is -0.121. The summed E-state index contributed by atoms with van der Waals surface area (Å²) in [5.41, 5.74) is 2.05. The number of nitrogens with one attached hydrogen (secondary N) is 3. The molecule has 226 valence electrons. The topological polar surface area (TPSA) is 87.1 Å².